The molecule has 0 spiro atoms. The van der Waals surface area contributed by atoms with Crippen LogP contribution in [0.3, 0.4) is 0 Å². The van der Waals surface area contributed by atoms with Crippen molar-refractivity contribution in [1.29, 1.82) is 0 Å². The summed E-state index contributed by atoms with van der Waals surface area (Å²) in [7, 11) is 2.14. The first-order chi connectivity index (χ1) is 13.1. The molecule has 0 aliphatic carbocycles. The number of amides is 2. The van der Waals surface area contributed by atoms with Gasteiger partial charge in [-0.05, 0) is 50.6 Å². The highest BCUT2D eigenvalue weighted by Crippen LogP contribution is 2.31. The van der Waals surface area contributed by atoms with Crippen molar-refractivity contribution < 1.29 is 13.9 Å². The van der Waals surface area contributed by atoms with Gasteiger partial charge in [0.25, 0.3) is 0 Å². The fraction of sp³-hybridized carbons (Fsp3) is 0.400. The van der Waals surface area contributed by atoms with E-state index in [1.807, 2.05) is 4.90 Å². The quantitative estimate of drug-likeness (QED) is 0.895. The number of pyridine rings is 1. The molecule has 0 radical (unpaired) electrons. The van der Waals surface area contributed by atoms with Crippen molar-refractivity contribution in [1.82, 2.24) is 14.8 Å². The summed E-state index contributed by atoms with van der Waals surface area (Å²) < 4.78 is 19.5. The van der Waals surface area contributed by atoms with Crippen molar-refractivity contribution in [3.05, 3.63) is 48.4 Å². The maximum absolute atomic E-state index is 13.9. The Morgan fingerprint density at radius 1 is 1.19 bits per heavy atom. The third kappa shape index (κ3) is 3.73. The van der Waals surface area contributed by atoms with Crippen molar-refractivity contribution in [3.63, 3.8) is 0 Å². The molecule has 2 aromatic rings. The molecule has 4 rings (SSSR count). The van der Waals surface area contributed by atoms with Gasteiger partial charge in [-0.3, -0.25) is 4.90 Å². The van der Waals surface area contributed by atoms with E-state index in [-0.39, 0.29) is 17.7 Å². The van der Waals surface area contributed by atoms with E-state index in [1.54, 1.807) is 30.5 Å². The monoisotopic (exact) mass is 370 g/mol. The second-order valence-electron chi connectivity index (χ2n) is 7.10. The average molecular weight is 370 g/mol. The molecule has 2 saturated heterocycles. The number of anilines is 1. The van der Waals surface area contributed by atoms with Gasteiger partial charge in [-0.1, -0.05) is 12.1 Å². The van der Waals surface area contributed by atoms with Crippen molar-refractivity contribution in [2.45, 2.75) is 31.3 Å². The molecule has 2 aliphatic rings. The highest BCUT2D eigenvalue weighted by atomic mass is 19.1. The molecular weight excluding hydrogens is 347 g/mol. The predicted molar refractivity (Wildman–Crippen MR) is 100 cm³/mol. The Kier molecular flexibility index (Phi) is 4.94. The number of fused-ring (bicyclic) bond motifs is 2. The van der Waals surface area contributed by atoms with E-state index >= 15 is 0 Å². The molecule has 1 aromatic heterocycles. The second kappa shape index (κ2) is 7.52. The topological polar surface area (TPSA) is 57.7 Å². The Bertz CT molecular complexity index is 831. The number of benzene rings is 1. The van der Waals surface area contributed by atoms with Crippen LogP contribution < -0.4 is 10.1 Å². The van der Waals surface area contributed by atoms with Crippen LogP contribution in [0.15, 0.2) is 42.6 Å². The average Bonchev–Trinajstić information content (AvgIpc) is 2.90. The number of ether oxygens (including phenoxy) is 1. The number of nitrogens with zero attached hydrogens (tertiary/aromatic N) is 3. The lowest BCUT2D eigenvalue weighted by Gasteiger charge is -2.26. The molecule has 27 heavy (non-hydrogen) atoms. The van der Waals surface area contributed by atoms with Gasteiger partial charge in [0.2, 0.25) is 5.88 Å². The summed E-state index contributed by atoms with van der Waals surface area (Å²) >= 11 is 0. The van der Waals surface area contributed by atoms with Gasteiger partial charge in [0.1, 0.15) is 5.69 Å². The predicted octanol–water partition coefficient (Wildman–Crippen LogP) is 3.71. The van der Waals surface area contributed by atoms with Crippen LogP contribution in [-0.4, -0.2) is 53.0 Å². The number of carbonyl (C=O) groups is 1. The molecule has 2 fully saturated rings. The molecule has 142 valence electrons. The number of rotatable bonds is 3. The van der Waals surface area contributed by atoms with E-state index in [1.165, 1.54) is 18.6 Å². The minimum atomic E-state index is -0.480. The number of halogens is 1. The lowest BCUT2D eigenvalue weighted by Crippen LogP contribution is -2.41. The van der Waals surface area contributed by atoms with E-state index < -0.39 is 5.82 Å². The Labute approximate surface area is 157 Å². The molecule has 6 nitrogen and oxygen atoms in total. The van der Waals surface area contributed by atoms with Gasteiger partial charge in [0.05, 0.1) is 0 Å². The second-order valence-corrected chi connectivity index (χ2v) is 7.10. The summed E-state index contributed by atoms with van der Waals surface area (Å²) in [6.07, 6.45) is 4.86. The Morgan fingerprint density at radius 3 is 2.85 bits per heavy atom. The van der Waals surface area contributed by atoms with Gasteiger partial charge in [-0.25, -0.2) is 14.2 Å². The molecule has 7 heteroatoms. The normalized spacial score (nSPS) is 22.4. The third-order valence-corrected chi connectivity index (χ3v) is 5.49. The van der Waals surface area contributed by atoms with E-state index in [2.05, 4.69) is 22.2 Å². The number of nitrogens with one attached hydrogen (secondary N) is 1. The Morgan fingerprint density at radius 2 is 2.00 bits per heavy atom. The molecule has 1 aromatic carbocycles. The summed E-state index contributed by atoms with van der Waals surface area (Å²) in [5, 5.41) is 2.88. The summed E-state index contributed by atoms with van der Waals surface area (Å²) in [6.45, 7) is 1.43. The van der Waals surface area contributed by atoms with Crippen molar-refractivity contribution in [2.24, 2.45) is 0 Å². The van der Waals surface area contributed by atoms with Gasteiger partial charge < -0.3 is 15.0 Å². The number of carbonyl (C=O) groups excluding carboxylic acids is 1. The van der Waals surface area contributed by atoms with Crippen LogP contribution in [0.1, 0.15) is 19.3 Å². The molecule has 3 heterocycles. The van der Waals surface area contributed by atoms with E-state index in [4.69, 9.17) is 4.74 Å². The zero-order valence-corrected chi connectivity index (χ0v) is 15.3. The van der Waals surface area contributed by atoms with E-state index in [0.29, 0.717) is 24.3 Å². The lowest BCUT2D eigenvalue weighted by atomic mass is 10.1. The fourth-order valence-corrected chi connectivity index (χ4v) is 3.89. The summed E-state index contributed by atoms with van der Waals surface area (Å²) in [6, 6.07) is 10.3. The SMILES string of the molecule is CN1[C@@H]2CC[C@H]1CN(C(=O)Nc1cccnc1Oc1ccccc1F)CC2. The molecule has 0 unspecified atom stereocenters. The molecule has 2 aliphatic heterocycles. The van der Waals surface area contributed by atoms with Crippen LogP contribution in [-0.2, 0) is 0 Å². The molecular formula is C20H23FN4O2. The van der Waals surface area contributed by atoms with Crippen LogP contribution in [0.2, 0.25) is 0 Å². The minimum Gasteiger partial charge on any atom is -0.434 e. The van der Waals surface area contributed by atoms with Gasteiger partial charge in [-0.15, -0.1) is 0 Å². The van der Waals surface area contributed by atoms with Crippen LogP contribution >= 0.6 is 0 Å². The molecule has 2 amide bonds. The summed E-state index contributed by atoms with van der Waals surface area (Å²) in [4.78, 5) is 21.2. The highest BCUT2D eigenvalue weighted by molar-refractivity contribution is 5.90. The number of aromatic nitrogens is 1. The molecule has 1 N–H and O–H groups in total. The van der Waals surface area contributed by atoms with Gasteiger partial charge in [-0.2, -0.15) is 0 Å². The molecule has 2 bridgehead atoms. The number of likely N-dealkylation sites (N-methyl/N-ethyl adjacent to an activating group) is 1. The minimum absolute atomic E-state index is 0.0698. The fourth-order valence-electron chi connectivity index (χ4n) is 3.89. The molecule has 2 atom stereocenters. The highest BCUT2D eigenvalue weighted by Gasteiger charge is 2.36. The van der Waals surface area contributed by atoms with E-state index in [9.17, 15) is 9.18 Å². The zero-order chi connectivity index (χ0) is 18.8. The van der Waals surface area contributed by atoms with Gasteiger partial charge in [0, 0.05) is 31.4 Å². The van der Waals surface area contributed by atoms with Crippen molar-refractivity contribution in [3.8, 4) is 11.6 Å². The van der Waals surface area contributed by atoms with E-state index in [0.717, 1.165) is 19.4 Å². The van der Waals surface area contributed by atoms with Crippen LogP contribution in [0, 0.1) is 5.82 Å². The summed E-state index contributed by atoms with van der Waals surface area (Å²) in [5.41, 5.74) is 0.425. The number of urea groups is 1. The number of hydrogen-bond donors (Lipinski definition) is 1. The zero-order valence-electron chi connectivity index (χ0n) is 15.3. The van der Waals surface area contributed by atoms with Crippen LogP contribution in [0.5, 0.6) is 11.6 Å². The first-order valence-electron chi connectivity index (χ1n) is 9.27. The first-order valence-corrected chi connectivity index (χ1v) is 9.27. The Hall–Kier alpha value is -2.67. The lowest BCUT2D eigenvalue weighted by molar-refractivity contribution is 0.200. The van der Waals surface area contributed by atoms with Gasteiger partial charge in [0.15, 0.2) is 11.6 Å². The van der Waals surface area contributed by atoms with Gasteiger partial charge >= 0.3 is 6.03 Å². The standard InChI is InChI=1S/C20H23FN4O2/c1-24-14-8-9-15(24)13-25(12-10-14)20(26)23-17-6-4-11-22-19(17)27-18-7-3-2-5-16(18)21/h2-7,11,14-15H,8-10,12-13H2,1H3,(H,23,26)/t14-,15+/m1/s1. The van der Waals surface area contributed by atoms with Crippen molar-refractivity contribution in [2.75, 3.05) is 25.5 Å². The first kappa shape index (κ1) is 17.7. The maximum Gasteiger partial charge on any atom is 0.322 e. The Balaban J connectivity index is 1.48. The molecule has 0 saturated carbocycles. The third-order valence-electron chi connectivity index (χ3n) is 5.49. The maximum atomic E-state index is 13.9. The largest absolute Gasteiger partial charge is 0.434 e. The number of para-hydroxylation sites is 1. The number of likely N-dealkylation sites (tertiary alicyclic amines) is 1. The van der Waals surface area contributed by atoms with Crippen LogP contribution in [0.25, 0.3) is 0 Å². The van der Waals surface area contributed by atoms with Crippen molar-refractivity contribution >= 4 is 11.7 Å². The smallest absolute Gasteiger partial charge is 0.322 e. The summed E-state index contributed by atoms with van der Waals surface area (Å²) in [5.74, 6) is -0.239. The number of hydrogen-bond acceptors (Lipinski definition) is 4. The van der Waals surface area contributed by atoms with Crippen LogP contribution in [0.4, 0.5) is 14.9 Å².